The second-order valence-electron chi connectivity index (χ2n) is 4.91. The summed E-state index contributed by atoms with van der Waals surface area (Å²) >= 11 is 3.26. The Morgan fingerprint density at radius 3 is 2.22 bits per heavy atom. The average Bonchev–Trinajstić information content (AvgIpc) is 3.31. The monoisotopic (exact) mass is 335 g/mol. The van der Waals surface area contributed by atoms with Crippen LogP contribution in [0.5, 0.6) is 0 Å². The minimum atomic E-state index is 0.999. The maximum Gasteiger partial charge on any atom is 0.116 e. The molecule has 0 bridgehead atoms. The second kappa shape index (κ2) is 6.32. The quantitative estimate of drug-likeness (QED) is 0.541. The van der Waals surface area contributed by atoms with E-state index in [4.69, 9.17) is 0 Å². The molecule has 4 aromatic rings. The van der Waals surface area contributed by atoms with Crippen molar-refractivity contribution >= 4 is 57.9 Å². The zero-order valence-electron chi connectivity index (χ0n) is 12.1. The van der Waals surface area contributed by atoms with Crippen molar-refractivity contribution in [1.82, 2.24) is 15.0 Å². The Labute approximate surface area is 141 Å². The van der Waals surface area contributed by atoms with E-state index in [1.807, 2.05) is 35.3 Å². The lowest BCUT2D eigenvalue weighted by Gasteiger charge is -1.94. The molecule has 0 atom stereocenters. The van der Waals surface area contributed by atoms with Gasteiger partial charge in [-0.15, -0.1) is 22.7 Å². The first-order valence-corrected chi connectivity index (χ1v) is 8.92. The van der Waals surface area contributed by atoms with Crippen LogP contribution in [-0.4, -0.2) is 15.0 Å². The normalized spacial score (nSPS) is 12.0. The Morgan fingerprint density at radius 2 is 1.52 bits per heavy atom. The topological polar surface area (TPSA) is 41.6 Å². The van der Waals surface area contributed by atoms with E-state index in [2.05, 4.69) is 51.4 Å². The fourth-order valence-corrected chi connectivity index (χ4v) is 3.50. The molecule has 23 heavy (non-hydrogen) atoms. The first kappa shape index (κ1) is 14.1. The van der Waals surface area contributed by atoms with Crippen molar-refractivity contribution in [1.29, 1.82) is 0 Å². The summed E-state index contributed by atoms with van der Waals surface area (Å²) in [6.07, 6.45) is 11.9. The number of rotatable bonds is 4. The second-order valence-corrected chi connectivity index (χ2v) is 6.76. The van der Waals surface area contributed by atoms with Gasteiger partial charge in [0.1, 0.15) is 10.0 Å². The lowest BCUT2D eigenvalue weighted by atomic mass is 10.1. The number of fused-ring (bicyclic) bond motifs is 1. The highest BCUT2D eigenvalue weighted by atomic mass is 32.1. The average molecular weight is 335 g/mol. The summed E-state index contributed by atoms with van der Waals surface area (Å²) < 4.78 is 0. The summed E-state index contributed by atoms with van der Waals surface area (Å²) in [5, 5.41) is 7.18. The van der Waals surface area contributed by atoms with Crippen molar-refractivity contribution in [3.63, 3.8) is 0 Å². The van der Waals surface area contributed by atoms with Crippen LogP contribution < -0.4 is 0 Å². The number of hydrogen-bond acceptors (Lipinski definition) is 4. The molecule has 5 heteroatoms. The van der Waals surface area contributed by atoms with E-state index in [-0.39, 0.29) is 0 Å². The molecule has 0 amide bonds. The van der Waals surface area contributed by atoms with Crippen LogP contribution in [0, 0.1) is 0 Å². The van der Waals surface area contributed by atoms with Crippen LogP contribution in [0.3, 0.4) is 0 Å². The summed E-state index contributed by atoms with van der Waals surface area (Å²) in [7, 11) is 0. The molecule has 0 fully saturated rings. The van der Waals surface area contributed by atoms with Crippen molar-refractivity contribution in [2.24, 2.45) is 0 Å². The van der Waals surface area contributed by atoms with Crippen LogP contribution in [0.2, 0.25) is 0 Å². The predicted octanol–water partition coefficient (Wildman–Crippen LogP) is 5.42. The molecule has 3 heterocycles. The molecule has 3 aromatic heterocycles. The van der Waals surface area contributed by atoms with E-state index in [0.29, 0.717) is 0 Å². The summed E-state index contributed by atoms with van der Waals surface area (Å²) in [5.41, 5.74) is 3.38. The number of nitrogens with one attached hydrogen (secondary N) is 1. The zero-order chi connectivity index (χ0) is 15.5. The Morgan fingerprint density at radius 1 is 0.826 bits per heavy atom. The van der Waals surface area contributed by atoms with E-state index in [1.165, 1.54) is 10.9 Å². The third-order valence-corrected chi connectivity index (χ3v) is 4.95. The fourth-order valence-electron chi connectivity index (χ4n) is 2.44. The molecule has 1 aromatic carbocycles. The Bertz CT molecular complexity index is 961. The maximum absolute atomic E-state index is 4.31. The first-order chi connectivity index (χ1) is 11.4. The molecule has 0 spiro atoms. The maximum atomic E-state index is 4.31. The standard InChI is InChI=1S/C18H13N3S2/c1-2-4-15-13(3-1)14(5-7-17-19-9-11-22-17)16(21-15)6-8-18-20-10-12-23-18/h1-12,21H/b7-5+,8-6+. The highest BCUT2D eigenvalue weighted by Gasteiger charge is 2.06. The van der Waals surface area contributed by atoms with Gasteiger partial charge in [-0.1, -0.05) is 18.2 Å². The largest absolute Gasteiger partial charge is 0.355 e. The van der Waals surface area contributed by atoms with E-state index in [9.17, 15) is 0 Å². The molecule has 0 aliphatic carbocycles. The van der Waals surface area contributed by atoms with Crippen LogP contribution >= 0.6 is 22.7 Å². The number of thiazole rings is 2. The van der Waals surface area contributed by atoms with Crippen LogP contribution in [0.4, 0.5) is 0 Å². The van der Waals surface area contributed by atoms with Gasteiger partial charge in [-0.05, 0) is 30.4 Å². The Hall–Kier alpha value is -2.50. The number of hydrogen-bond donors (Lipinski definition) is 1. The number of H-pyrrole nitrogens is 1. The molecule has 0 aliphatic heterocycles. The van der Waals surface area contributed by atoms with Gasteiger partial charge in [0.25, 0.3) is 0 Å². The minimum absolute atomic E-state index is 0.999. The Balaban J connectivity index is 1.78. The highest BCUT2D eigenvalue weighted by Crippen LogP contribution is 2.26. The third-order valence-electron chi connectivity index (χ3n) is 3.46. The molecular formula is C18H13N3S2. The van der Waals surface area contributed by atoms with Gasteiger partial charge in [-0.25, -0.2) is 9.97 Å². The first-order valence-electron chi connectivity index (χ1n) is 7.16. The molecule has 0 radical (unpaired) electrons. The predicted molar refractivity (Wildman–Crippen MR) is 100 cm³/mol. The molecule has 1 N–H and O–H groups in total. The van der Waals surface area contributed by atoms with Crippen LogP contribution in [0.1, 0.15) is 21.3 Å². The lowest BCUT2D eigenvalue weighted by Crippen LogP contribution is -1.76. The number of benzene rings is 1. The van der Waals surface area contributed by atoms with Gasteiger partial charge >= 0.3 is 0 Å². The van der Waals surface area contributed by atoms with Gasteiger partial charge in [0.2, 0.25) is 0 Å². The molecule has 4 rings (SSSR count). The van der Waals surface area contributed by atoms with Gasteiger partial charge in [0, 0.05) is 45.3 Å². The fraction of sp³-hybridized carbons (Fsp3) is 0. The van der Waals surface area contributed by atoms with Gasteiger partial charge in [0.05, 0.1) is 0 Å². The van der Waals surface area contributed by atoms with Gasteiger partial charge in [-0.3, -0.25) is 0 Å². The van der Waals surface area contributed by atoms with E-state index < -0.39 is 0 Å². The summed E-state index contributed by atoms with van der Waals surface area (Å²) in [4.78, 5) is 12.1. The van der Waals surface area contributed by atoms with Crippen molar-refractivity contribution in [3.05, 3.63) is 68.7 Å². The number of nitrogens with zero attached hydrogens (tertiary/aromatic N) is 2. The lowest BCUT2D eigenvalue weighted by molar-refractivity contribution is 1.39. The van der Waals surface area contributed by atoms with Crippen molar-refractivity contribution in [2.45, 2.75) is 0 Å². The SMILES string of the molecule is C(=C\c1[nH]c2ccccc2c1/C=C/c1nccs1)/c1nccs1. The van der Waals surface area contributed by atoms with Crippen LogP contribution in [-0.2, 0) is 0 Å². The van der Waals surface area contributed by atoms with E-state index in [0.717, 1.165) is 21.2 Å². The van der Waals surface area contributed by atoms with Gasteiger partial charge in [-0.2, -0.15) is 0 Å². The minimum Gasteiger partial charge on any atom is -0.355 e. The molecule has 112 valence electrons. The van der Waals surface area contributed by atoms with E-state index >= 15 is 0 Å². The molecule has 0 aliphatic rings. The van der Waals surface area contributed by atoms with Crippen molar-refractivity contribution in [2.75, 3.05) is 0 Å². The molecule has 0 unspecified atom stereocenters. The summed E-state index contributed by atoms with van der Waals surface area (Å²) in [6.45, 7) is 0. The van der Waals surface area contributed by atoms with E-state index in [1.54, 1.807) is 22.7 Å². The number of aromatic amines is 1. The molecule has 0 saturated heterocycles. The van der Waals surface area contributed by atoms with Crippen molar-refractivity contribution < 1.29 is 0 Å². The molecular weight excluding hydrogens is 322 g/mol. The zero-order valence-corrected chi connectivity index (χ0v) is 13.8. The van der Waals surface area contributed by atoms with Gasteiger partial charge in [0.15, 0.2) is 0 Å². The molecule has 0 saturated carbocycles. The number of aromatic nitrogens is 3. The number of para-hydroxylation sites is 1. The Kier molecular flexibility index (Phi) is 3.88. The van der Waals surface area contributed by atoms with Crippen LogP contribution in [0.15, 0.2) is 47.4 Å². The van der Waals surface area contributed by atoms with Crippen LogP contribution in [0.25, 0.3) is 35.2 Å². The molecule has 3 nitrogen and oxygen atoms in total. The third kappa shape index (κ3) is 3.02. The summed E-state index contributed by atoms with van der Waals surface area (Å²) in [6, 6.07) is 8.33. The van der Waals surface area contributed by atoms with Crippen molar-refractivity contribution in [3.8, 4) is 0 Å². The summed E-state index contributed by atoms with van der Waals surface area (Å²) in [5.74, 6) is 0. The smallest absolute Gasteiger partial charge is 0.116 e. The highest BCUT2D eigenvalue weighted by molar-refractivity contribution is 7.10. The van der Waals surface area contributed by atoms with Gasteiger partial charge < -0.3 is 4.98 Å².